The topological polar surface area (TPSA) is 15.3 Å². The first kappa shape index (κ1) is 14.4. The summed E-state index contributed by atoms with van der Waals surface area (Å²) in [4.78, 5) is 2.53. The lowest BCUT2D eigenvalue weighted by Gasteiger charge is -2.30. The second kappa shape index (κ2) is 5.96. The Bertz CT molecular complexity index is 389. The molecule has 0 saturated carbocycles. The van der Waals surface area contributed by atoms with Gasteiger partial charge in [0.25, 0.3) is 0 Å². The highest BCUT2D eigenvalue weighted by molar-refractivity contribution is 5.48. The van der Waals surface area contributed by atoms with Gasteiger partial charge in [-0.3, -0.25) is 0 Å². The quantitative estimate of drug-likeness (QED) is 0.830. The molecule has 1 aliphatic rings. The molecule has 1 atom stereocenters. The van der Waals surface area contributed by atoms with Gasteiger partial charge < -0.3 is 10.2 Å². The van der Waals surface area contributed by atoms with Gasteiger partial charge in [-0.15, -0.1) is 0 Å². The molecule has 0 amide bonds. The molecule has 1 aromatic rings. The van der Waals surface area contributed by atoms with Crippen LogP contribution in [-0.2, 0) is 5.41 Å². The van der Waals surface area contributed by atoms with Crippen LogP contribution in [0.2, 0.25) is 0 Å². The number of rotatable bonds is 1. The fourth-order valence-electron chi connectivity index (χ4n) is 2.61. The van der Waals surface area contributed by atoms with Gasteiger partial charge >= 0.3 is 0 Å². The summed E-state index contributed by atoms with van der Waals surface area (Å²) in [6.07, 6.45) is 2.45. The molecule has 1 heterocycles. The molecule has 1 fully saturated rings. The Morgan fingerprint density at radius 1 is 1.11 bits per heavy atom. The lowest BCUT2D eigenvalue weighted by molar-refractivity contribution is 0.475. The number of hydrogen-bond donors (Lipinski definition) is 1. The van der Waals surface area contributed by atoms with Crippen LogP contribution in [0, 0.1) is 0 Å². The predicted octanol–water partition coefficient (Wildman–Crippen LogP) is 3.56. The van der Waals surface area contributed by atoms with Crippen LogP contribution in [0.25, 0.3) is 0 Å². The van der Waals surface area contributed by atoms with Gasteiger partial charge in [-0.1, -0.05) is 32.9 Å². The van der Waals surface area contributed by atoms with Crippen LogP contribution in [0.3, 0.4) is 0 Å². The molecular formula is C17H28N2. The van der Waals surface area contributed by atoms with Crippen molar-refractivity contribution >= 4 is 5.69 Å². The molecule has 1 unspecified atom stereocenters. The third kappa shape index (κ3) is 3.97. The molecule has 19 heavy (non-hydrogen) atoms. The smallest absolute Gasteiger partial charge is 0.0366 e. The average Bonchev–Trinajstić information content (AvgIpc) is 2.34. The Morgan fingerprint density at radius 2 is 1.79 bits per heavy atom. The molecule has 2 nitrogen and oxygen atoms in total. The SMILES string of the molecule is CC1CCN(c2ccc(C(C)(C)C)cc2)CCCN1. The molecule has 1 aliphatic heterocycles. The molecular weight excluding hydrogens is 232 g/mol. The van der Waals surface area contributed by atoms with E-state index in [1.165, 1.54) is 24.1 Å². The van der Waals surface area contributed by atoms with Gasteiger partial charge in [0.1, 0.15) is 0 Å². The van der Waals surface area contributed by atoms with Gasteiger partial charge in [-0.05, 0) is 49.4 Å². The van der Waals surface area contributed by atoms with E-state index in [-0.39, 0.29) is 5.41 Å². The van der Waals surface area contributed by atoms with E-state index in [1.807, 2.05) is 0 Å². The fraction of sp³-hybridized carbons (Fsp3) is 0.647. The van der Waals surface area contributed by atoms with Crippen molar-refractivity contribution in [2.24, 2.45) is 0 Å². The number of nitrogens with one attached hydrogen (secondary N) is 1. The van der Waals surface area contributed by atoms with E-state index in [2.05, 4.69) is 62.2 Å². The third-order valence-corrected chi connectivity index (χ3v) is 4.03. The minimum atomic E-state index is 0.243. The van der Waals surface area contributed by atoms with E-state index in [9.17, 15) is 0 Å². The zero-order chi connectivity index (χ0) is 13.9. The lowest BCUT2D eigenvalue weighted by atomic mass is 9.87. The second-order valence-corrected chi connectivity index (χ2v) is 6.78. The minimum Gasteiger partial charge on any atom is -0.371 e. The highest BCUT2D eigenvalue weighted by Crippen LogP contribution is 2.25. The zero-order valence-corrected chi connectivity index (χ0v) is 12.9. The molecule has 1 N–H and O–H groups in total. The highest BCUT2D eigenvalue weighted by Gasteiger charge is 2.15. The highest BCUT2D eigenvalue weighted by atomic mass is 15.1. The van der Waals surface area contributed by atoms with Crippen LogP contribution in [0.5, 0.6) is 0 Å². The maximum Gasteiger partial charge on any atom is 0.0366 e. The Hall–Kier alpha value is -1.02. The summed E-state index contributed by atoms with van der Waals surface area (Å²) in [6.45, 7) is 12.5. The van der Waals surface area contributed by atoms with Crippen molar-refractivity contribution in [1.29, 1.82) is 0 Å². The largest absolute Gasteiger partial charge is 0.371 e. The number of nitrogens with zero attached hydrogens (tertiary/aromatic N) is 1. The average molecular weight is 260 g/mol. The molecule has 1 saturated heterocycles. The van der Waals surface area contributed by atoms with Crippen molar-refractivity contribution in [3.63, 3.8) is 0 Å². The van der Waals surface area contributed by atoms with Crippen molar-refractivity contribution in [1.82, 2.24) is 5.32 Å². The molecule has 2 rings (SSSR count). The summed E-state index contributed by atoms with van der Waals surface area (Å²) in [5.41, 5.74) is 3.04. The minimum absolute atomic E-state index is 0.243. The monoisotopic (exact) mass is 260 g/mol. The van der Waals surface area contributed by atoms with E-state index in [4.69, 9.17) is 0 Å². The summed E-state index contributed by atoms with van der Waals surface area (Å²) in [5, 5.41) is 3.56. The van der Waals surface area contributed by atoms with Crippen molar-refractivity contribution in [2.75, 3.05) is 24.5 Å². The first-order valence-electron chi connectivity index (χ1n) is 7.56. The molecule has 1 aromatic carbocycles. The van der Waals surface area contributed by atoms with Crippen molar-refractivity contribution < 1.29 is 0 Å². The van der Waals surface area contributed by atoms with Crippen LogP contribution >= 0.6 is 0 Å². The van der Waals surface area contributed by atoms with Crippen LogP contribution < -0.4 is 10.2 Å². The van der Waals surface area contributed by atoms with Gasteiger partial charge in [-0.2, -0.15) is 0 Å². The predicted molar refractivity (Wildman–Crippen MR) is 84.1 cm³/mol. The van der Waals surface area contributed by atoms with Crippen LogP contribution in [0.1, 0.15) is 46.1 Å². The summed E-state index contributed by atoms with van der Waals surface area (Å²) in [7, 11) is 0. The normalized spacial score (nSPS) is 21.9. The van der Waals surface area contributed by atoms with Gasteiger partial charge in [0.2, 0.25) is 0 Å². The standard InChI is InChI=1S/C17H28N2/c1-14-10-13-19(12-5-11-18-14)16-8-6-15(7-9-16)17(2,3)4/h6-9,14,18H,5,10-13H2,1-4H3. The first-order valence-corrected chi connectivity index (χ1v) is 7.56. The van der Waals surface area contributed by atoms with Crippen molar-refractivity contribution in [3.8, 4) is 0 Å². The van der Waals surface area contributed by atoms with Crippen molar-refractivity contribution in [3.05, 3.63) is 29.8 Å². The maximum absolute atomic E-state index is 3.56. The molecule has 0 bridgehead atoms. The number of hydrogen-bond acceptors (Lipinski definition) is 2. The molecule has 2 heteroatoms. The van der Waals surface area contributed by atoms with Gasteiger partial charge in [0.05, 0.1) is 0 Å². The molecule has 106 valence electrons. The zero-order valence-electron chi connectivity index (χ0n) is 12.9. The van der Waals surface area contributed by atoms with Gasteiger partial charge in [0.15, 0.2) is 0 Å². The summed E-state index contributed by atoms with van der Waals surface area (Å²) >= 11 is 0. The molecule has 0 aliphatic carbocycles. The Morgan fingerprint density at radius 3 is 2.42 bits per heavy atom. The van der Waals surface area contributed by atoms with Gasteiger partial charge in [-0.25, -0.2) is 0 Å². The summed E-state index contributed by atoms with van der Waals surface area (Å²) in [6, 6.07) is 9.79. The number of benzene rings is 1. The maximum atomic E-state index is 3.56. The van der Waals surface area contributed by atoms with E-state index in [0.717, 1.165) is 19.6 Å². The first-order chi connectivity index (χ1) is 8.97. The molecule has 0 aromatic heterocycles. The van der Waals surface area contributed by atoms with Crippen molar-refractivity contribution in [2.45, 2.75) is 52.0 Å². The Balaban J connectivity index is 2.08. The Labute approximate surface area is 118 Å². The van der Waals surface area contributed by atoms with E-state index >= 15 is 0 Å². The van der Waals surface area contributed by atoms with E-state index in [0.29, 0.717) is 6.04 Å². The summed E-state index contributed by atoms with van der Waals surface area (Å²) in [5.74, 6) is 0. The third-order valence-electron chi connectivity index (χ3n) is 4.03. The van der Waals surface area contributed by atoms with E-state index in [1.54, 1.807) is 0 Å². The Kier molecular flexibility index (Phi) is 4.51. The van der Waals surface area contributed by atoms with Crippen LogP contribution in [-0.4, -0.2) is 25.7 Å². The fourth-order valence-corrected chi connectivity index (χ4v) is 2.61. The summed E-state index contributed by atoms with van der Waals surface area (Å²) < 4.78 is 0. The van der Waals surface area contributed by atoms with Gasteiger partial charge in [0, 0.05) is 24.8 Å². The van der Waals surface area contributed by atoms with Crippen LogP contribution in [0.4, 0.5) is 5.69 Å². The van der Waals surface area contributed by atoms with E-state index < -0.39 is 0 Å². The number of anilines is 1. The lowest BCUT2D eigenvalue weighted by Crippen LogP contribution is -2.38. The molecule has 0 spiro atoms. The molecule has 0 radical (unpaired) electrons. The van der Waals surface area contributed by atoms with Crippen LogP contribution in [0.15, 0.2) is 24.3 Å². The second-order valence-electron chi connectivity index (χ2n) is 6.78.